The highest BCUT2D eigenvalue weighted by atomic mass is 32.2. The van der Waals surface area contributed by atoms with E-state index in [9.17, 15) is 13.2 Å². The van der Waals surface area contributed by atoms with Crippen molar-refractivity contribution in [3.05, 3.63) is 29.3 Å². The maximum atomic E-state index is 12.8. The number of hydrogen-bond acceptors (Lipinski definition) is 3. The number of thioether (sulfide) groups is 1. The fourth-order valence-corrected chi connectivity index (χ4v) is 2.20. The van der Waals surface area contributed by atoms with Gasteiger partial charge >= 0.3 is 6.18 Å². The van der Waals surface area contributed by atoms with Crippen molar-refractivity contribution < 1.29 is 18.3 Å². The highest BCUT2D eigenvalue weighted by Gasteiger charge is 2.33. The van der Waals surface area contributed by atoms with Crippen molar-refractivity contribution in [3.8, 4) is 0 Å². The zero-order valence-corrected chi connectivity index (χ0v) is 10.2. The third-order valence-electron chi connectivity index (χ3n) is 2.08. The Bertz CT molecular complexity index is 368. The van der Waals surface area contributed by atoms with Crippen molar-refractivity contribution in [2.75, 3.05) is 19.4 Å². The predicted octanol–water partition coefficient (Wildman–Crippen LogP) is 2.51. The normalized spacial score (nSPS) is 11.8. The zero-order valence-electron chi connectivity index (χ0n) is 9.34. The van der Waals surface area contributed by atoms with E-state index in [0.29, 0.717) is 12.1 Å². The van der Waals surface area contributed by atoms with Crippen LogP contribution < -0.4 is 5.32 Å². The van der Waals surface area contributed by atoms with Crippen LogP contribution in [0.5, 0.6) is 0 Å². The summed E-state index contributed by atoms with van der Waals surface area (Å²) in [6, 6.07) is 4.26. The number of nitrogens with one attached hydrogen (secondary N) is 1. The van der Waals surface area contributed by atoms with Crippen LogP contribution in [0, 0.1) is 0 Å². The molecule has 6 heteroatoms. The quantitative estimate of drug-likeness (QED) is 0.802. The number of halogens is 3. The monoisotopic (exact) mass is 265 g/mol. The first-order chi connectivity index (χ1) is 7.99. The predicted molar refractivity (Wildman–Crippen MR) is 62.0 cm³/mol. The summed E-state index contributed by atoms with van der Waals surface area (Å²) < 4.78 is 38.4. The summed E-state index contributed by atoms with van der Waals surface area (Å²) in [5.74, 6) is 0.258. The first kappa shape index (κ1) is 14.3. The molecule has 0 saturated carbocycles. The Morgan fingerprint density at radius 2 is 2.06 bits per heavy atom. The van der Waals surface area contributed by atoms with Gasteiger partial charge < -0.3 is 10.4 Å². The molecule has 17 heavy (non-hydrogen) atoms. The number of aliphatic hydroxyl groups is 1. The van der Waals surface area contributed by atoms with Crippen molar-refractivity contribution >= 4 is 11.8 Å². The molecule has 0 aromatic heterocycles. The second kappa shape index (κ2) is 6.28. The molecule has 0 bridgehead atoms. The first-order valence-electron chi connectivity index (χ1n) is 5.07. The van der Waals surface area contributed by atoms with E-state index >= 15 is 0 Å². The van der Waals surface area contributed by atoms with E-state index in [2.05, 4.69) is 5.32 Å². The lowest BCUT2D eigenvalue weighted by Crippen LogP contribution is -2.11. The van der Waals surface area contributed by atoms with Crippen LogP contribution in [0.25, 0.3) is 0 Å². The summed E-state index contributed by atoms with van der Waals surface area (Å²) in [7, 11) is 1.68. The van der Waals surface area contributed by atoms with E-state index in [0.717, 1.165) is 17.8 Å². The van der Waals surface area contributed by atoms with Crippen molar-refractivity contribution in [1.82, 2.24) is 5.32 Å². The topological polar surface area (TPSA) is 32.3 Å². The number of rotatable bonds is 5. The third kappa shape index (κ3) is 4.22. The maximum absolute atomic E-state index is 12.8. The average Bonchev–Trinajstić information content (AvgIpc) is 2.26. The first-order valence-corrected chi connectivity index (χ1v) is 6.06. The fraction of sp³-hybridized carbons (Fsp3) is 0.455. The molecule has 0 saturated heterocycles. The molecule has 1 rings (SSSR count). The molecule has 0 radical (unpaired) electrons. The standard InChI is InChI=1S/C11H14F3NOS/c1-15-7-8-2-3-10(17-5-4-16)9(6-8)11(12,13)14/h2-3,6,15-16H,4-5,7H2,1H3. The minimum Gasteiger partial charge on any atom is -0.396 e. The zero-order chi connectivity index (χ0) is 12.9. The summed E-state index contributed by atoms with van der Waals surface area (Å²) in [5.41, 5.74) is -0.0446. The largest absolute Gasteiger partial charge is 0.417 e. The summed E-state index contributed by atoms with van der Waals surface area (Å²) in [4.78, 5) is 0.159. The van der Waals surface area contributed by atoms with Gasteiger partial charge in [-0.05, 0) is 24.7 Å². The van der Waals surface area contributed by atoms with Crippen LogP contribution >= 0.6 is 11.8 Å². The Hall–Kier alpha value is -0.720. The van der Waals surface area contributed by atoms with Gasteiger partial charge in [0.05, 0.1) is 12.2 Å². The van der Waals surface area contributed by atoms with Crippen LogP contribution in [0.3, 0.4) is 0 Å². The molecule has 0 aliphatic rings. The van der Waals surface area contributed by atoms with Crippen molar-refractivity contribution in [3.63, 3.8) is 0 Å². The van der Waals surface area contributed by atoms with E-state index in [-0.39, 0.29) is 17.3 Å². The van der Waals surface area contributed by atoms with E-state index in [1.165, 1.54) is 6.07 Å². The van der Waals surface area contributed by atoms with Crippen molar-refractivity contribution in [2.24, 2.45) is 0 Å². The molecular weight excluding hydrogens is 251 g/mol. The Balaban J connectivity index is 3.03. The second-order valence-electron chi connectivity index (χ2n) is 3.43. The third-order valence-corrected chi connectivity index (χ3v) is 3.13. The number of alkyl halides is 3. The highest BCUT2D eigenvalue weighted by molar-refractivity contribution is 7.99. The molecule has 0 spiro atoms. The van der Waals surface area contributed by atoms with Gasteiger partial charge in [-0.25, -0.2) is 0 Å². The number of benzene rings is 1. The Kier molecular flexibility index (Phi) is 5.30. The highest BCUT2D eigenvalue weighted by Crippen LogP contribution is 2.37. The molecule has 2 nitrogen and oxygen atoms in total. The van der Waals surface area contributed by atoms with E-state index in [1.54, 1.807) is 13.1 Å². The van der Waals surface area contributed by atoms with Crippen molar-refractivity contribution in [1.29, 1.82) is 0 Å². The smallest absolute Gasteiger partial charge is 0.396 e. The lowest BCUT2D eigenvalue weighted by atomic mass is 10.1. The lowest BCUT2D eigenvalue weighted by molar-refractivity contribution is -0.139. The molecule has 1 aromatic rings. The van der Waals surface area contributed by atoms with Crippen LogP contribution in [-0.2, 0) is 12.7 Å². The number of aliphatic hydroxyl groups excluding tert-OH is 1. The molecule has 1 aromatic carbocycles. The average molecular weight is 265 g/mol. The van der Waals surface area contributed by atoms with Gasteiger partial charge in [-0.3, -0.25) is 0 Å². The summed E-state index contributed by atoms with van der Waals surface area (Å²) in [5, 5.41) is 11.5. The van der Waals surface area contributed by atoms with E-state index < -0.39 is 11.7 Å². The van der Waals surface area contributed by atoms with Gasteiger partial charge in [-0.15, -0.1) is 11.8 Å². The molecule has 0 fully saturated rings. The number of hydrogen-bond donors (Lipinski definition) is 2. The maximum Gasteiger partial charge on any atom is 0.417 e. The molecule has 0 unspecified atom stereocenters. The fourth-order valence-electron chi connectivity index (χ4n) is 1.39. The molecule has 96 valence electrons. The van der Waals surface area contributed by atoms with Crippen LogP contribution in [-0.4, -0.2) is 24.5 Å². The van der Waals surface area contributed by atoms with Gasteiger partial charge in [0.25, 0.3) is 0 Å². The van der Waals surface area contributed by atoms with Crippen LogP contribution in [0.4, 0.5) is 13.2 Å². The second-order valence-corrected chi connectivity index (χ2v) is 4.57. The molecular formula is C11H14F3NOS. The van der Waals surface area contributed by atoms with Gasteiger partial charge in [0.1, 0.15) is 0 Å². The van der Waals surface area contributed by atoms with Gasteiger partial charge in [0.15, 0.2) is 0 Å². The van der Waals surface area contributed by atoms with E-state index in [1.807, 2.05) is 0 Å². The van der Waals surface area contributed by atoms with Gasteiger partial charge in [-0.2, -0.15) is 13.2 Å². The summed E-state index contributed by atoms with van der Waals surface area (Å²) in [6.07, 6.45) is -4.36. The molecule has 0 amide bonds. The summed E-state index contributed by atoms with van der Waals surface area (Å²) in [6.45, 7) is 0.258. The minimum atomic E-state index is -4.36. The van der Waals surface area contributed by atoms with E-state index in [4.69, 9.17) is 5.11 Å². The van der Waals surface area contributed by atoms with Gasteiger partial charge in [0, 0.05) is 17.2 Å². The molecule has 2 N–H and O–H groups in total. The molecule has 0 aliphatic carbocycles. The molecule has 0 aliphatic heterocycles. The minimum absolute atomic E-state index is 0.139. The van der Waals surface area contributed by atoms with Gasteiger partial charge in [-0.1, -0.05) is 6.07 Å². The van der Waals surface area contributed by atoms with Crippen LogP contribution in [0.2, 0.25) is 0 Å². The lowest BCUT2D eigenvalue weighted by Gasteiger charge is -2.13. The Morgan fingerprint density at radius 1 is 1.35 bits per heavy atom. The Morgan fingerprint density at radius 3 is 2.59 bits per heavy atom. The molecule has 0 heterocycles. The molecule has 0 atom stereocenters. The summed E-state index contributed by atoms with van der Waals surface area (Å²) >= 11 is 1.01. The van der Waals surface area contributed by atoms with Crippen LogP contribution in [0.15, 0.2) is 23.1 Å². The van der Waals surface area contributed by atoms with Gasteiger partial charge in [0.2, 0.25) is 0 Å². The van der Waals surface area contributed by atoms with Crippen molar-refractivity contribution in [2.45, 2.75) is 17.6 Å². The van der Waals surface area contributed by atoms with Crippen LogP contribution in [0.1, 0.15) is 11.1 Å². The Labute approximate surface area is 102 Å². The SMILES string of the molecule is CNCc1ccc(SCCO)c(C(F)(F)F)c1.